The van der Waals surface area contributed by atoms with Gasteiger partial charge in [0.25, 0.3) is 0 Å². The highest BCUT2D eigenvalue weighted by Gasteiger charge is 2.11. The largest absolute Gasteiger partial charge is 0.326 e. The third-order valence-electron chi connectivity index (χ3n) is 3.23. The molecule has 0 heterocycles. The molecular weight excluding hydrogens is 335 g/mol. The van der Waals surface area contributed by atoms with Crippen LogP contribution in [0.4, 0.5) is 11.4 Å². The maximum atomic E-state index is 11.9. The smallest absolute Gasteiger partial charge is 0.233 e. The molecule has 4 nitrogen and oxygen atoms in total. The van der Waals surface area contributed by atoms with Crippen LogP contribution in [0, 0.1) is 13.8 Å². The lowest BCUT2D eigenvalue weighted by Gasteiger charge is -2.08. The van der Waals surface area contributed by atoms with Crippen LogP contribution in [0.1, 0.15) is 17.5 Å². The number of carbonyl (C=O) groups excluding carboxylic acids is 2. The molecule has 0 aliphatic heterocycles. The van der Waals surface area contributed by atoms with Crippen molar-refractivity contribution in [2.45, 2.75) is 20.3 Å². The van der Waals surface area contributed by atoms with Gasteiger partial charge >= 0.3 is 0 Å². The summed E-state index contributed by atoms with van der Waals surface area (Å²) >= 11 is 12.0. The van der Waals surface area contributed by atoms with Gasteiger partial charge < -0.3 is 10.6 Å². The van der Waals surface area contributed by atoms with Crippen molar-refractivity contribution >= 4 is 46.4 Å². The minimum Gasteiger partial charge on any atom is -0.326 e. The molecule has 120 valence electrons. The Balaban J connectivity index is 1.92. The number of rotatable bonds is 4. The minimum atomic E-state index is -0.416. The summed E-state index contributed by atoms with van der Waals surface area (Å²) in [4.78, 5) is 23.8. The van der Waals surface area contributed by atoms with Gasteiger partial charge in [-0.05, 0) is 49.2 Å². The van der Waals surface area contributed by atoms with E-state index in [0.717, 1.165) is 11.1 Å². The van der Waals surface area contributed by atoms with Crippen molar-refractivity contribution in [2.75, 3.05) is 10.6 Å². The van der Waals surface area contributed by atoms with Crippen LogP contribution in [0.5, 0.6) is 0 Å². The molecule has 0 saturated carbocycles. The van der Waals surface area contributed by atoms with Crippen LogP contribution in [-0.2, 0) is 9.59 Å². The van der Waals surface area contributed by atoms with E-state index in [4.69, 9.17) is 23.2 Å². The molecule has 6 heteroatoms. The van der Waals surface area contributed by atoms with Crippen LogP contribution in [0.3, 0.4) is 0 Å². The number of hydrogen-bond donors (Lipinski definition) is 2. The third kappa shape index (κ3) is 4.98. The highest BCUT2D eigenvalue weighted by molar-refractivity contribution is 6.32. The normalized spacial score (nSPS) is 10.3. The van der Waals surface area contributed by atoms with Gasteiger partial charge in [-0.1, -0.05) is 35.3 Å². The molecule has 0 atom stereocenters. The third-order valence-corrected chi connectivity index (χ3v) is 4.05. The first kappa shape index (κ1) is 17.3. The van der Waals surface area contributed by atoms with Gasteiger partial charge in [0.2, 0.25) is 11.8 Å². The molecule has 0 aliphatic carbocycles. The molecule has 0 unspecified atom stereocenters. The standard InChI is InChI=1S/C17H16Cl2N2O2/c1-10-3-5-12(7-14(10)18)20-16(22)9-17(23)21-13-6-4-11(2)15(19)8-13/h3-8H,9H2,1-2H3,(H,20,22)(H,21,23). The number of anilines is 2. The van der Waals surface area contributed by atoms with Crippen molar-refractivity contribution in [3.05, 3.63) is 57.6 Å². The van der Waals surface area contributed by atoms with E-state index in [2.05, 4.69) is 10.6 Å². The maximum Gasteiger partial charge on any atom is 0.233 e. The number of aryl methyl sites for hydroxylation is 2. The van der Waals surface area contributed by atoms with Crippen molar-refractivity contribution in [3.8, 4) is 0 Å². The zero-order valence-corrected chi connectivity index (χ0v) is 14.3. The Kier molecular flexibility index (Phi) is 5.64. The lowest BCUT2D eigenvalue weighted by Crippen LogP contribution is -2.21. The Morgan fingerprint density at radius 2 is 1.22 bits per heavy atom. The Bertz CT molecular complexity index is 697. The average molecular weight is 351 g/mol. The van der Waals surface area contributed by atoms with E-state index in [-0.39, 0.29) is 6.42 Å². The lowest BCUT2D eigenvalue weighted by atomic mass is 10.2. The van der Waals surface area contributed by atoms with Crippen LogP contribution in [0.2, 0.25) is 10.0 Å². The summed E-state index contributed by atoms with van der Waals surface area (Å²) in [6.45, 7) is 3.74. The van der Waals surface area contributed by atoms with E-state index in [1.807, 2.05) is 13.8 Å². The molecule has 23 heavy (non-hydrogen) atoms. The summed E-state index contributed by atoms with van der Waals surface area (Å²) in [6.07, 6.45) is -0.295. The minimum absolute atomic E-state index is 0.295. The summed E-state index contributed by atoms with van der Waals surface area (Å²) < 4.78 is 0. The number of nitrogens with one attached hydrogen (secondary N) is 2. The predicted molar refractivity (Wildman–Crippen MR) is 94.3 cm³/mol. The quantitative estimate of drug-likeness (QED) is 0.793. The van der Waals surface area contributed by atoms with Crippen molar-refractivity contribution in [1.29, 1.82) is 0 Å². The molecule has 2 N–H and O–H groups in total. The van der Waals surface area contributed by atoms with Crippen molar-refractivity contribution < 1.29 is 9.59 Å². The Morgan fingerprint density at radius 1 is 0.826 bits per heavy atom. The first-order valence-corrected chi connectivity index (χ1v) is 7.73. The highest BCUT2D eigenvalue weighted by atomic mass is 35.5. The molecule has 0 bridgehead atoms. The molecule has 0 aromatic heterocycles. The number of hydrogen-bond acceptors (Lipinski definition) is 2. The molecule has 0 aliphatic rings. The molecular formula is C17H16Cl2N2O2. The van der Waals surface area contributed by atoms with Gasteiger partial charge in [-0.2, -0.15) is 0 Å². The second-order valence-corrected chi connectivity index (χ2v) is 6.02. The second-order valence-electron chi connectivity index (χ2n) is 5.20. The van der Waals surface area contributed by atoms with Crippen molar-refractivity contribution in [2.24, 2.45) is 0 Å². The Morgan fingerprint density at radius 3 is 1.57 bits per heavy atom. The zero-order chi connectivity index (χ0) is 17.0. The van der Waals surface area contributed by atoms with E-state index < -0.39 is 11.8 Å². The molecule has 0 fully saturated rings. The summed E-state index contributed by atoms with van der Waals surface area (Å²) in [5, 5.41) is 6.39. The van der Waals surface area contributed by atoms with Crippen LogP contribution < -0.4 is 10.6 Å². The van der Waals surface area contributed by atoms with Crippen LogP contribution in [0.15, 0.2) is 36.4 Å². The van der Waals surface area contributed by atoms with E-state index in [1.165, 1.54) is 0 Å². The molecule has 2 aromatic rings. The van der Waals surface area contributed by atoms with Crippen molar-refractivity contribution in [3.63, 3.8) is 0 Å². The molecule has 0 spiro atoms. The highest BCUT2D eigenvalue weighted by Crippen LogP contribution is 2.21. The first-order valence-electron chi connectivity index (χ1n) is 6.97. The molecule has 0 saturated heterocycles. The lowest BCUT2D eigenvalue weighted by molar-refractivity contribution is -0.123. The van der Waals surface area contributed by atoms with Gasteiger partial charge in [-0.3, -0.25) is 9.59 Å². The van der Waals surface area contributed by atoms with Gasteiger partial charge in [-0.25, -0.2) is 0 Å². The monoisotopic (exact) mass is 350 g/mol. The zero-order valence-electron chi connectivity index (χ0n) is 12.7. The van der Waals surface area contributed by atoms with Gasteiger partial charge in [-0.15, -0.1) is 0 Å². The van der Waals surface area contributed by atoms with Crippen LogP contribution >= 0.6 is 23.2 Å². The summed E-state index contributed by atoms with van der Waals surface area (Å²) in [5.74, 6) is -0.832. The van der Waals surface area contributed by atoms with E-state index >= 15 is 0 Å². The summed E-state index contributed by atoms with van der Waals surface area (Å²) in [5.41, 5.74) is 2.94. The number of benzene rings is 2. The number of halogens is 2. The van der Waals surface area contributed by atoms with Gasteiger partial charge in [0, 0.05) is 21.4 Å². The van der Waals surface area contributed by atoms with E-state index in [9.17, 15) is 9.59 Å². The number of amides is 2. The summed E-state index contributed by atoms with van der Waals surface area (Å²) in [7, 11) is 0. The Hall–Kier alpha value is -2.04. The molecule has 2 aromatic carbocycles. The van der Waals surface area contributed by atoms with Crippen molar-refractivity contribution in [1.82, 2.24) is 0 Å². The fraction of sp³-hybridized carbons (Fsp3) is 0.176. The number of carbonyl (C=O) groups is 2. The maximum absolute atomic E-state index is 11.9. The van der Waals surface area contributed by atoms with Gasteiger partial charge in [0.15, 0.2) is 0 Å². The topological polar surface area (TPSA) is 58.2 Å². The fourth-order valence-corrected chi connectivity index (χ4v) is 2.26. The average Bonchev–Trinajstić information content (AvgIpc) is 2.46. The molecule has 2 rings (SSSR count). The van der Waals surface area contributed by atoms with Crippen LogP contribution in [-0.4, -0.2) is 11.8 Å². The first-order chi connectivity index (χ1) is 10.8. The van der Waals surface area contributed by atoms with Gasteiger partial charge in [0.05, 0.1) is 0 Å². The van der Waals surface area contributed by atoms with Crippen LogP contribution in [0.25, 0.3) is 0 Å². The van der Waals surface area contributed by atoms with Gasteiger partial charge in [0.1, 0.15) is 6.42 Å². The molecule has 2 amide bonds. The van der Waals surface area contributed by atoms with E-state index in [1.54, 1.807) is 36.4 Å². The second kappa shape index (κ2) is 7.49. The van der Waals surface area contributed by atoms with E-state index in [0.29, 0.717) is 21.4 Å². The summed E-state index contributed by atoms with van der Waals surface area (Å²) in [6, 6.07) is 10.4. The molecule has 0 radical (unpaired) electrons. The SMILES string of the molecule is Cc1ccc(NC(=O)CC(=O)Nc2ccc(C)c(Cl)c2)cc1Cl. The fourth-order valence-electron chi connectivity index (χ4n) is 1.90. The predicted octanol–water partition coefficient (Wildman–Crippen LogP) is 4.58. The Labute approximate surface area is 144 Å².